The van der Waals surface area contributed by atoms with Gasteiger partial charge in [-0.2, -0.15) is 5.26 Å². The molecule has 0 atom stereocenters. The Kier molecular flexibility index (Phi) is 5.28. The van der Waals surface area contributed by atoms with Crippen molar-refractivity contribution < 1.29 is 9.59 Å². The highest BCUT2D eigenvalue weighted by molar-refractivity contribution is 7.80. The first-order chi connectivity index (χ1) is 8.63. The number of benzene rings is 1. The average molecular weight is 262 g/mol. The largest absolute Gasteiger partial charge is 0.298 e. The van der Waals surface area contributed by atoms with Crippen molar-refractivity contribution in [1.82, 2.24) is 16.2 Å². The fourth-order valence-electron chi connectivity index (χ4n) is 1.04. The van der Waals surface area contributed by atoms with Crippen LogP contribution >= 0.6 is 12.2 Å². The van der Waals surface area contributed by atoms with Gasteiger partial charge >= 0.3 is 0 Å². The maximum atomic E-state index is 11.6. The zero-order chi connectivity index (χ0) is 13.4. The number of nitrogens with one attached hydrogen (secondary N) is 3. The van der Waals surface area contributed by atoms with E-state index >= 15 is 0 Å². The molecule has 0 saturated carbocycles. The van der Waals surface area contributed by atoms with Gasteiger partial charge in [-0.3, -0.25) is 25.8 Å². The number of nitrogens with zero attached hydrogens (tertiary/aromatic N) is 1. The van der Waals surface area contributed by atoms with Gasteiger partial charge < -0.3 is 0 Å². The second kappa shape index (κ2) is 6.98. The minimum atomic E-state index is -0.534. The normalized spacial score (nSPS) is 8.83. The van der Waals surface area contributed by atoms with Gasteiger partial charge in [0.2, 0.25) is 0 Å². The molecule has 0 heterocycles. The summed E-state index contributed by atoms with van der Waals surface area (Å²) in [7, 11) is 0. The van der Waals surface area contributed by atoms with Crippen LogP contribution in [0, 0.1) is 11.3 Å². The number of hydrogen-bond donors (Lipinski definition) is 3. The molecule has 2 amide bonds. The van der Waals surface area contributed by atoms with Gasteiger partial charge in [-0.25, -0.2) is 0 Å². The molecule has 0 aliphatic heterocycles. The SMILES string of the molecule is N#CCC(=O)NNC(=S)NC(=O)c1ccccc1. The predicted octanol–water partition coefficient (Wildman–Crippen LogP) is 0.236. The molecule has 0 saturated heterocycles. The van der Waals surface area contributed by atoms with E-state index in [1.807, 2.05) is 0 Å². The van der Waals surface area contributed by atoms with Gasteiger partial charge in [0, 0.05) is 5.56 Å². The van der Waals surface area contributed by atoms with E-state index in [-0.39, 0.29) is 17.4 Å². The Balaban J connectivity index is 2.40. The van der Waals surface area contributed by atoms with Gasteiger partial charge in [-0.05, 0) is 24.4 Å². The summed E-state index contributed by atoms with van der Waals surface area (Å²) in [6.07, 6.45) is -0.289. The lowest BCUT2D eigenvalue weighted by Gasteiger charge is -2.09. The van der Waals surface area contributed by atoms with Gasteiger partial charge in [-0.1, -0.05) is 18.2 Å². The predicted molar refractivity (Wildman–Crippen MR) is 68.0 cm³/mol. The second-order valence-corrected chi connectivity index (χ2v) is 3.57. The van der Waals surface area contributed by atoms with E-state index in [2.05, 4.69) is 16.2 Å². The number of thiocarbonyl (C=S) groups is 1. The molecule has 0 aliphatic carbocycles. The highest BCUT2D eigenvalue weighted by atomic mass is 32.1. The van der Waals surface area contributed by atoms with Crippen molar-refractivity contribution in [3.63, 3.8) is 0 Å². The molecule has 0 aromatic heterocycles. The number of hydrazine groups is 1. The van der Waals surface area contributed by atoms with E-state index in [0.29, 0.717) is 5.56 Å². The van der Waals surface area contributed by atoms with E-state index in [1.165, 1.54) is 0 Å². The van der Waals surface area contributed by atoms with Crippen LogP contribution in [0.4, 0.5) is 0 Å². The highest BCUT2D eigenvalue weighted by Crippen LogP contribution is 1.97. The lowest BCUT2D eigenvalue weighted by Crippen LogP contribution is -2.48. The van der Waals surface area contributed by atoms with Crippen molar-refractivity contribution in [3.05, 3.63) is 35.9 Å². The molecular formula is C11H10N4O2S. The highest BCUT2D eigenvalue weighted by Gasteiger charge is 2.07. The number of carbonyl (C=O) groups is 2. The standard InChI is InChI=1S/C11H10N4O2S/c12-7-6-9(16)14-15-11(18)13-10(17)8-4-2-1-3-5-8/h1-5H,6H2,(H,14,16)(H2,13,15,17,18). The topological polar surface area (TPSA) is 94.0 Å². The quantitative estimate of drug-likeness (QED) is 0.524. The van der Waals surface area contributed by atoms with Crippen molar-refractivity contribution in [2.24, 2.45) is 0 Å². The summed E-state index contributed by atoms with van der Waals surface area (Å²) < 4.78 is 0. The van der Waals surface area contributed by atoms with Crippen molar-refractivity contribution in [2.75, 3.05) is 0 Å². The van der Waals surface area contributed by atoms with Crippen LogP contribution in [0.3, 0.4) is 0 Å². The fraction of sp³-hybridized carbons (Fsp3) is 0.0909. The zero-order valence-electron chi connectivity index (χ0n) is 9.27. The van der Waals surface area contributed by atoms with Crippen LogP contribution in [0.2, 0.25) is 0 Å². The summed E-state index contributed by atoms with van der Waals surface area (Å²) in [5.41, 5.74) is 4.94. The van der Waals surface area contributed by atoms with Crippen LogP contribution in [0.5, 0.6) is 0 Å². The lowest BCUT2D eigenvalue weighted by atomic mass is 10.2. The van der Waals surface area contributed by atoms with Crippen LogP contribution in [0.1, 0.15) is 16.8 Å². The molecule has 7 heteroatoms. The first kappa shape index (κ1) is 13.6. The molecule has 1 aromatic rings. The van der Waals surface area contributed by atoms with Gasteiger partial charge in [0.1, 0.15) is 6.42 Å². The summed E-state index contributed by atoms with van der Waals surface area (Å²) in [6.45, 7) is 0. The summed E-state index contributed by atoms with van der Waals surface area (Å²) in [4.78, 5) is 22.6. The van der Waals surface area contributed by atoms with Crippen molar-refractivity contribution in [3.8, 4) is 6.07 Å². The molecule has 0 fully saturated rings. The summed E-state index contributed by atoms with van der Waals surface area (Å²) in [6, 6.07) is 10.2. The molecule has 6 nitrogen and oxygen atoms in total. The Morgan fingerprint density at radius 3 is 2.50 bits per heavy atom. The molecule has 0 unspecified atom stereocenters. The second-order valence-electron chi connectivity index (χ2n) is 3.16. The number of carbonyl (C=O) groups excluding carboxylic acids is 2. The maximum Gasteiger partial charge on any atom is 0.257 e. The van der Waals surface area contributed by atoms with Crippen LogP contribution in [-0.2, 0) is 4.79 Å². The van der Waals surface area contributed by atoms with Crippen molar-refractivity contribution in [2.45, 2.75) is 6.42 Å². The molecule has 3 N–H and O–H groups in total. The number of rotatable bonds is 2. The molecule has 0 aliphatic rings. The number of hydrogen-bond acceptors (Lipinski definition) is 4. The van der Waals surface area contributed by atoms with Gasteiger partial charge in [0.05, 0.1) is 6.07 Å². The Morgan fingerprint density at radius 2 is 1.89 bits per heavy atom. The smallest absolute Gasteiger partial charge is 0.257 e. The van der Waals surface area contributed by atoms with Gasteiger partial charge in [0.25, 0.3) is 11.8 Å². The number of amides is 2. The molecular weight excluding hydrogens is 252 g/mol. The zero-order valence-corrected chi connectivity index (χ0v) is 10.1. The molecule has 0 bridgehead atoms. The van der Waals surface area contributed by atoms with Crippen LogP contribution in [-0.4, -0.2) is 16.9 Å². The summed E-state index contributed by atoms with van der Waals surface area (Å²) in [5, 5.41) is 10.6. The first-order valence-corrected chi connectivity index (χ1v) is 5.36. The minimum absolute atomic E-state index is 0.0462. The summed E-state index contributed by atoms with van der Waals surface area (Å²) in [5.74, 6) is -0.920. The Hall–Kier alpha value is -2.46. The molecule has 1 rings (SSSR count). The molecule has 0 spiro atoms. The number of nitriles is 1. The lowest BCUT2D eigenvalue weighted by molar-refractivity contribution is -0.120. The average Bonchev–Trinajstić information content (AvgIpc) is 2.38. The maximum absolute atomic E-state index is 11.6. The fourth-order valence-corrected chi connectivity index (χ4v) is 1.18. The Labute approximate surface area is 109 Å². The molecule has 0 radical (unpaired) electrons. The van der Waals surface area contributed by atoms with Crippen LogP contribution in [0.15, 0.2) is 30.3 Å². The van der Waals surface area contributed by atoms with E-state index in [1.54, 1.807) is 36.4 Å². The van der Waals surface area contributed by atoms with E-state index in [0.717, 1.165) is 0 Å². The summed E-state index contributed by atoms with van der Waals surface area (Å²) >= 11 is 4.79. The Morgan fingerprint density at radius 1 is 1.22 bits per heavy atom. The minimum Gasteiger partial charge on any atom is -0.298 e. The molecule has 18 heavy (non-hydrogen) atoms. The van der Waals surface area contributed by atoms with Gasteiger partial charge in [-0.15, -0.1) is 0 Å². The third-order valence-electron chi connectivity index (χ3n) is 1.82. The van der Waals surface area contributed by atoms with E-state index in [9.17, 15) is 9.59 Å². The van der Waals surface area contributed by atoms with Crippen LogP contribution < -0.4 is 16.2 Å². The Bertz CT molecular complexity index is 496. The van der Waals surface area contributed by atoms with Gasteiger partial charge in [0.15, 0.2) is 5.11 Å². The molecule has 92 valence electrons. The third kappa shape index (κ3) is 4.59. The van der Waals surface area contributed by atoms with Crippen LogP contribution in [0.25, 0.3) is 0 Å². The third-order valence-corrected chi connectivity index (χ3v) is 2.02. The van der Waals surface area contributed by atoms with Crippen molar-refractivity contribution in [1.29, 1.82) is 5.26 Å². The van der Waals surface area contributed by atoms with E-state index in [4.69, 9.17) is 17.5 Å². The first-order valence-electron chi connectivity index (χ1n) is 4.95. The van der Waals surface area contributed by atoms with E-state index < -0.39 is 5.91 Å². The van der Waals surface area contributed by atoms with Crippen molar-refractivity contribution >= 4 is 29.1 Å². The monoisotopic (exact) mass is 262 g/mol. The molecule has 1 aromatic carbocycles.